The van der Waals surface area contributed by atoms with Crippen molar-refractivity contribution in [3.05, 3.63) is 23.7 Å². The largest absolute Gasteiger partial charge is 0.469 e. The fraction of sp³-hybridized carbons (Fsp3) is 0.647. The van der Waals surface area contributed by atoms with E-state index >= 15 is 0 Å². The molecule has 0 saturated carbocycles. The summed E-state index contributed by atoms with van der Waals surface area (Å²) in [5, 5.41) is 6.46. The zero-order chi connectivity index (χ0) is 16.9. The van der Waals surface area contributed by atoms with Crippen molar-refractivity contribution in [3.8, 4) is 0 Å². The predicted molar refractivity (Wildman–Crippen MR) is 101 cm³/mol. The molecule has 0 aliphatic carbocycles. The topological polar surface area (TPSA) is 74.6 Å². The number of halogens is 1. The van der Waals surface area contributed by atoms with E-state index in [0.717, 1.165) is 30.9 Å². The molecule has 25 heavy (non-hydrogen) atoms. The van der Waals surface area contributed by atoms with Crippen LogP contribution in [-0.2, 0) is 4.79 Å². The fourth-order valence-corrected chi connectivity index (χ4v) is 4.20. The third kappa shape index (κ3) is 5.39. The molecule has 2 N–H and O–H groups in total. The van der Waals surface area contributed by atoms with E-state index < -0.39 is 0 Å². The van der Waals surface area contributed by atoms with Crippen molar-refractivity contribution in [2.75, 3.05) is 31.1 Å². The first-order chi connectivity index (χ1) is 11.6. The number of rotatable bonds is 4. The highest BCUT2D eigenvalue weighted by Gasteiger charge is 2.26. The lowest BCUT2D eigenvalue weighted by atomic mass is 10.0. The number of piperidine rings is 1. The van der Waals surface area contributed by atoms with Gasteiger partial charge in [-0.05, 0) is 25.8 Å². The molecule has 1 atom stereocenters. The number of hydrogen-bond acceptors (Lipinski definition) is 5. The molecule has 2 amide bonds. The van der Waals surface area contributed by atoms with Gasteiger partial charge < -0.3 is 20.0 Å². The molecule has 1 aromatic rings. The van der Waals surface area contributed by atoms with Crippen LogP contribution in [0.2, 0.25) is 0 Å². The fourth-order valence-electron chi connectivity index (χ4n) is 3.25. The van der Waals surface area contributed by atoms with Crippen LogP contribution in [0.25, 0.3) is 0 Å². The molecule has 1 aromatic heterocycles. The Morgan fingerprint density at radius 3 is 2.76 bits per heavy atom. The van der Waals surface area contributed by atoms with Gasteiger partial charge in [-0.15, -0.1) is 12.4 Å². The van der Waals surface area contributed by atoms with Crippen molar-refractivity contribution >= 4 is 36.0 Å². The molecule has 3 rings (SSSR count). The zero-order valence-corrected chi connectivity index (χ0v) is 16.1. The highest BCUT2D eigenvalue weighted by molar-refractivity contribution is 7.99. The van der Waals surface area contributed by atoms with Crippen LogP contribution < -0.4 is 10.6 Å². The maximum atomic E-state index is 12.4. The highest BCUT2D eigenvalue weighted by Crippen LogP contribution is 2.16. The SMILES string of the molecule is Cc1occc1C(=O)NC1CCN(C(=O)CC2CSCCN2)CC1.Cl. The summed E-state index contributed by atoms with van der Waals surface area (Å²) in [5.74, 6) is 2.92. The maximum Gasteiger partial charge on any atom is 0.255 e. The Morgan fingerprint density at radius 2 is 2.16 bits per heavy atom. The van der Waals surface area contributed by atoms with E-state index in [0.29, 0.717) is 36.9 Å². The van der Waals surface area contributed by atoms with Gasteiger partial charge in [-0.3, -0.25) is 9.59 Å². The van der Waals surface area contributed by atoms with E-state index in [1.807, 2.05) is 16.7 Å². The first-order valence-electron chi connectivity index (χ1n) is 8.57. The van der Waals surface area contributed by atoms with Gasteiger partial charge in [-0.25, -0.2) is 0 Å². The normalized spacial score (nSPS) is 21.5. The second-order valence-corrected chi connectivity index (χ2v) is 7.60. The third-order valence-corrected chi connectivity index (χ3v) is 5.84. The summed E-state index contributed by atoms with van der Waals surface area (Å²) in [6.07, 6.45) is 3.73. The van der Waals surface area contributed by atoms with Gasteiger partial charge in [0.25, 0.3) is 5.91 Å². The molecule has 0 radical (unpaired) electrons. The van der Waals surface area contributed by atoms with Crippen LogP contribution in [0.1, 0.15) is 35.4 Å². The number of hydrogen-bond donors (Lipinski definition) is 2. The van der Waals surface area contributed by atoms with Crippen LogP contribution in [-0.4, -0.2) is 59.9 Å². The van der Waals surface area contributed by atoms with Gasteiger partial charge in [0.05, 0.1) is 11.8 Å². The summed E-state index contributed by atoms with van der Waals surface area (Å²) in [5.41, 5.74) is 0.592. The molecule has 6 nitrogen and oxygen atoms in total. The molecule has 8 heteroatoms. The Labute approximate surface area is 158 Å². The lowest BCUT2D eigenvalue weighted by Crippen LogP contribution is -2.48. The summed E-state index contributed by atoms with van der Waals surface area (Å²) in [6, 6.07) is 2.12. The average molecular weight is 388 g/mol. The molecule has 0 aromatic carbocycles. The quantitative estimate of drug-likeness (QED) is 0.824. The van der Waals surface area contributed by atoms with Gasteiger partial charge in [-0.2, -0.15) is 11.8 Å². The molecule has 2 aliphatic rings. The summed E-state index contributed by atoms with van der Waals surface area (Å²) in [7, 11) is 0. The Kier molecular flexibility index (Phi) is 7.65. The second-order valence-electron chi connectivity index (χ2n) is 6.45. The van der Waals surface area contributed by atoms with Gasteiger partial charge in [-0.1, -0.05) is 0 Å². The van der Waals surface area contributed by atoms with Crippen molar-refractivity contribution in [1.29, 1.82) is 0 Å². The zero-order valence-electron chi connectivity index (χ0n) is 14.5. The minimum atomic E-state index is -0.0885. The molecule has 1 unspecified atom stereocenters. The van der Waals surface area contributed by atoms with E-state index in [2.05, 4.69) is 10.6 Å². The van der Waals surface area contributed by atoms with Gasteiger partial charge in [0.2, 0.25) is 5.91 Å². The molecular weight excluding hydrogens is 362 g/mol. The second kappa shape index (κ2) is 9.50. The van der Waals surface area contributed by atoms with E-state index in [-0.39, 0.29) is 30.3 Å². The smallest absolute Gasteiger partial charge is 0.255 e. The number of amides is 2. The first-order valence-corrected chi connectivity index (χ1v) is 9.73. The number of carbonyl (C=O) groups is 2. The van der Waals surface area contributed by atoms with Crippen molar-refractivity contribution < 1.29 is 14.0 Å². The predicted octanol–water partition coefficient (Wildman–Crippen LogP) is 1.83. The monoisotopic (exact) mass is 387 g/mol. The van der Waals surface area contributed by atoms with Crippen LogP contribution >= 0.6 is 24.2 Å². The molecule has 3 heterocycles. The lowest BCUT2D eigenvalue weighted by molar-refractivity contribution is -0.132. The minimum Gasteiger partial charge on any atom is -0.469 e. The van der Waals surface area contributed by atoms with Crippen molar-refractivity contribution in [3.63, 3.8) is 0 Å². The highest BCUT2D eigenvalue weighted by atomic mass is 35.5. The number of thioether (sulfide) groups is 1. The molecule has 2 aliphatic heterocycles. The van der Waals surface area contributed by atoms with E-state index in [1.54, 1.807) is 13.0 Å². The van der Waals surface area contributed by atoms with Crippen LogP contribution in [0.4, 0.5) is 0 Å². The molecule has 2 fully saturated rings. The van der Waals surface area contributed by atoms with Crippen LogP contribution in [0, 0.1) is 6.92 Å². The molecule has 0 spiro atoms. The van der Waals surface area contributed by atoms with E-state index in [4.69, 9.17) is 4.42 Å². The van der Waals surface area contributed by atoms with E-state index in [9.17, 15) is 9.59 Å². The van der Waals surface area contributed by atoms with Gasteiger partial charge >= 0.3 is 0 Å². The average Bonchev–Trinajstić information content (AvgIpc) is 3.02. The molecule has 0 bridgehead atoms. The summed E-state index contributed by atoms with van der Waals surface area (Å²) in [4.78, 5) is 26.6. The summed E-state index contributed by atoms with van der Waals surface area (Å²) < 4.78 is 5.17. The number of nitrogens with zero attached hydrogens (tertiary/aromatic N) is 1. The number of nitrogens with one attached hydrogen (secondary N) is 2. The van der Waals surface area contributed by atoms with Crippen molar-refractivity contribution in [2.24, 2.45) is 0 Å². The van der Waals surface area contributed by atoms with Crippen LogP contribution in [0.5, 0.6) is 0 Å². The Balaban J connectivity index is 0.00000225. The lowest BCUT2D eigenvalue weighted by Gasteiger charge is -2.33. The summed E-state index contributed by atoms with van der Waals surface area (Å²) >= 11 is 1.91. The minimum absolute atomic E-state index is 0. The first kappa shape index (κ1) is 20.1. The van der Waals surface area contributed by atoms with Crippen molar-refractivity contribution in [2.45, 2.75) is 38.3 Å². The number of aryl methyl sites for hydroxylation is 1. The standard InChI is InChI=1S/C17H25N3O3S.ClH/c1-12-15(4-8-23-12)17(22)19-13-2-6-20(7-3-13)16(21)10-14-11-24-9-5-18-14;/h4,8,13-14,18H,2-3,5-7,9-11H2,1H3,(H,19,22);1H. The number of furan rings is 1. The van der Waals surface area contributed by atoms with Crippen LogP contribution in [0.15, 0.2) is 16.7 Å². The van der Waals surface area contributed by atoms with Crippen molar-refractivity contribution in [1.82, 2.24) is 15.5 Å². The third-order valence-electron chi connectivity index (χ3n) is 4.71. The molecule has 2 saturated heterocycles. The Hall–Kier alpha value is -1.18. The van der Waals surface area contributed by atoms with Gasteiger partial charge in [0.1, 0.15) is 5.76 Å². The van der Waals surface area contributed by atoms with Gasteiger partial charge in [0, 0.05) is 49.6 Å². The molecular formula is C17H26ClN3O3S. The number of carbonyl (C=O) groups excluding carboxylic acids is 2. The van der Waals surface area contributed by atoms with E-state index in [1.165, 1.54) is 6.26 Å². The Morgan fingerprint density at radius 1 is 1.40 bits per heavy atom. The summed E-state index contributed by atoms with van der Waals surface area (Å²) in [6.45, 7) is 4.21. The molecule has 140 valence electrons. The maximum absolute atomic E-state index is 12.4. The Bertz CT molecular complexity index is 581. The van der Waals surface area contributed by atoms with Crippen LogP contribution in [0.3, 0.4) is 0 Å². The van der Waals surface area contributed by atoms with Gasteiger partial charge in [0.15, 0.2) is 0 Å². The number of likely N-dealkylation sites (tertiary alicyclic amines) is 1.